The summed E-state index contributed by atoms with van der Waals surface area (Å²) in [5.41, 5.74) is 7.25. The summed E-state index contributed by atoms with van der Waals surface area (Å²) in [6, 6.07) is 2.08. The molecule has 0 unspecified atom stereocenters. The molecule has 1 saturated carbocycles. The zero-order chi connectivity index (χ0) is 11.6. The molecular formula is C12H21N3O. The van der Waals surface area contributed by atoms with Crippen molar-refractivity contribution in [1.29, 1.82) is 0 Å². The van der Waals surface area contributed by atoms with Crippen molar-refractivity contribution in [3.8, 4) is 0 Å². The SMILES string of the molecule is CCn1nccc1C1(CN)CCC(O)CC1. The second-order valence-corrected chi connectivity index (χ2v) is 4.75. The lowest BCUT2D eigenvalue weighted by atomic mass is 9.71. The van der Waals surface area contributed by atoms with E-state index in [2.05, 4.69) is 18.1 Å². The lowest BCUT2D eigenvalue weighted by molar-refractivity contribution is 0.0946. The van der Waals surface area contributed by atoms with Crippen molar-refractivity contribution in [1.82, 2.24) is 9.78 Å². The zero-order valence-electron chi connectivity index (χ0n) is 9.89. The standard InChI is InChI=1S/C12H21N3O/c1-2-15-11(5-8-14-15)12(9-13)6-3-10(16)4-7-12/h5,8,10,16H,2-4,6-7,9,13H2,1H3. The van der Waals surface area contributed by atoms with Crippen LogP contribution in [0.15, 0.2) is 12.3 Å². The summed E-state index contributed by atoms with van der Waals surface area (Å²) in [4.78, 5) is 0. The fraction of sp³-hybridized carbons (Fsp3) is 0.750. The average molecular weight is 223 g/mol. The van der Waals surface area contributed by atoms with E-state index in [4.69, 9.17) is 5.73 Å². The van der Waals surface area contributed by atoms with Gasteiger partial charge in [-0.15, -0.1) is 0 Å². The van der Waals surface area contributed by atoms with Crippen molar-refractivity contribution in [2.24, 2.45) is 5.73 Å². The third-order valence-corrected chi connectivity index (χ3v) is 3.86. The average Bonchev–Trinajstić information content (AvgIpc) is 2.79. The van der Waals surface area contributed by atoms with Crippen LogP contribution in [-0.4, -0.2) is 27.5 Å². The largest absolute Gasteiger partial charge is 0.393 e. The van der Waals surface area contributed by atoms with E-state index < -0.39 is 0 Å². The van der Waals surface area contributed by atoms with Crippen molar-refractivity contribution in [2.45, 2.75) is 50.7 Å². The second-order valence-electron chi connectivity index (χ2n) is 4.75. The van der Waals surface area contributed by atoms with E-state index in [1.807, 2.05) is 10.9 Å². The zero-order valence-corrected chi connectivity index (χ0v) is 9.89. The van der Waals surface area contributed by atoms with Crippen LogP contribution in [0.5, 0.6) is 0 Å². The van der Waals surface area contributed by atoms with Crippen LogP contribution in [0.25, 0.3) is 0 Å². The molecule has 4 nitrogen and oxygen atoms in total. The third-order valence-electron chi connectivity index (χ3n) is 3.86. The Hall–Kier alpha value is -0.870. The highest BCUT2D eigenvalue weighted by molar-refractivity contribution is 5.18. The topological polar surface area (TPSA) is 64.1 Å². The van der Waals surface area contributed by atoms with E-state index >= 15 is 0 Å². The van der Waals surface area contributed by atoms with Crippen LogP contribution < -0.4 is 5.73 Å². The number of hydrogen-bond donors (Lipinski definition) is 2. The number of nitrogens with two attached hydrogens (primary N) is 1. The van der Waals surface area contributed by atoms with Gasteiger partial charge in [0.15, 0.2) is 0 Å². The molecule has 0 aromatic carbocycles. The van der Waals surface area contributed by atoms with E-state index in [9.17, 15) is 5.11 Å². The molecule has 1 fully saturated rings. The second kappa shape index (κ2) is 4.55. The molecule has 1 aliphatic rings. The summed E-state index contributed by atoms with van der Waals surface area (Å²) in [6.07, 6.45) is 5.35. The van der Waals surface area contributed by atoms with Crippen LogP contribution in [0.2, 0.25) is 0 Å². The van der Waals surface area contributed by atoms with Crippen LogP contribution in [0.3, 0.4) is 0 Å². The van der Waals surface area contributed by atoms with Crippen LogP contribution in [-0.2, 0) is 12.0 Å². The molecule has 0 atom stereocenters. The first kappa shape index (κ1) is 11.6. The van der Waals surface area contributed by atoms with Gasteiger partial charge >= 0.3 is 0 Å². The minimum absolute atomic E-state index is 0.0335. The van der Waals surface area contributed by atoms with Crippen LogP contribution >= 0.6 is 0 Å². The summed E-state index contributed by atoms with van der Waals surface area (Å²) in [5.74, 6) is 0. The van der Waals surface area contributed by atoms with E-state index in [0.717, 1.165) is 32.2 Å². The molecule has 1 aromatic rings. The number of rotatable bonds is 3. The van der Waals surface area contributed by atoms with E-state index in [1.165, 1.54) is 5.69 Å². The summed E-state index contributed by atoms with van der Waals surface area (Å²) < 4.78 is 2.03. The Balaban J connectivity index is 2.27. The van der Waals surface area contributed by atoms with Gasteiger partial charge in [-0.05, 0) is 38.7 Å². The van der Waals surface area contributed by atoms with Crippen molar-refractivity contribution in [2.75, 3.05) is 6.54 Å². The molecule has 4 heteroatoms. The smallest absolute Gasteiger partial charge is 0.0541 e. The molecule has 0 spiro atoms. The number of aromatic nitrogens is 2. The molecule has 0 saturated heterocycles. The first-order valence-electron chi connectivity index (χ1n) is 6.12. The monoisotopic (exact) mass is 223 g/mol. The van der Waals surface area contributed by atoms with Gasteiger partial charge in [-0.25, -0.2) is 0 Å². The molecule has 0 radical (unpaired) electrons. The van der Waals surface area contributed by atoms with Gasteiger partial charge in [0.2, 0.25) is 0 Å². The molecule has 0 bridgehead atoms. The van der Waals surface area contributed by atoms with Gasteiger partial charge in [-0.2, -0.15) is 5.10 Å². The molecule has 0 amide bonds. The molecule has 16 heavy (non-hydrogen) atoms. The number of aliphatic hydroxyl groups excluding tert-OH is 1. The number of nitrogens with zero attached hydrogens (tertiary/aromatic N) is 2. The van der Waals surface area contributed by atoms with Crippen LogP contribution in [0, 0.1) is 0 Å². The van der Waals surface area contributed by atoms with Crippen molar-refractivity contribution >= 4 is 0 Å². The molecule has 90 valence electrons. The molecule has 3 N–H and O–H groups in total. The van der Waals surface area contributed by atoms with E-state index in [1.54, 1.807) is 0 Å². The molecule has 0 aliphatic heterocycles. The molecule has 1 heterocycles. The molecular weight excluding hydrogens is 202 g/mol. The fourth-order valence-electron chi connectivity index (χ4n) is 2.76. The Morgan fingerprint density at radius 2 is 2.25 bits per heavy atom. The highest BCUT2D eigenvalue weighted by atomic mass is 16.3. The fourth-order valence-corrected chi connectivity index (χ4v) is 2.76. The Kier molecular flexibility index (Phi) is 3.30. The quantitative estimate of drug-likeness (QED) is 0.804. The van der Waals surface area contributed by atoms with Gasteiger partial charge in [0.1, 0.15) is 0 Å². The van der Waals surface area contributed by atoms with Gasteiger partial charge in [-0.1, -0.05) is 0 Å². The summed E-state index contributed by atoms with van der Waals surface area (Å²) in [5, 5.41) is 13.9. The van der Waals surface area contributed by atoms with Gasteiger partial charge in [-0.3, -0.25) is 4.68 Å². The Morgan fingerprint density at radius 3 is 2.81 bits per heavy atom. The summed E-state index contributed by atoms with van der Waals surface area (Å²) >= 11 is 0. The highest BCUT2D eigenvalue weighted by Gasteiger charge is 2.37. The lowest BCUT2D eigenvalue weighted by Gasteiger charge is -2.38. The summed E-state index contributed by atoms with van der Waals surface area (Å²) in [6.45, 7) is 3.62. The maximum absolute atomic E-state index is 9.60. The summed E-state index contributed by atoms with van der Waals surface area (Å²) in [7, 11) is 0. The number of hydrogen-bond acceptors (Lipinski definition) is 3. The van der Waals surface area contributed by atoms with Crippen molar-refractivity contribution in [3.05, 3.63) is 18.0 Å². The van der Waals surface area contributed by atoms with Crippen LogP contribution in [0.4, 0.5) is 0 Å². The van der Waals surface area contributed by atoms with Gasteiger partial charge in [0.05, 0.1) is 6.10 Å². The van der Waals surface area contributed by atoms with E-state index in [0.29, 0.717) is 6.54 Å². The van der Waals surface area contributed by atoms with Gasteiger partial charge in [0.25, 0.3) is 0 Å². The predicted octanol–water partition coefficient (Wildman–Crippen LogP) is 1.03. The van der Waals surface area contributed by atoms with Crippen molar-refractivity contribution < 1.29 is 5.11 Å². The number of aryl methyl sites for hydroxylation is 1. The maximum Gasteiger partial charge on any atom is 0.0541 e. The Bertz CT molecular complexity index is 340. The Morgan fingerprint density at radius 1 is 1.56 bits per heavy atom. The lowest BCUT2D eigenvalue weighted by Crippen LogP contribution is -2.41. The molecule has 1 aliphatic carbocycles. The van der Waals surface area contributed by atoms with E-state index in [-0.39, 0.29) is 11.5 Å². The Labute approximate surface area is 96.5 Å². The predicted molar refractivity (Wildman–Crippen MR) is 63.1 cm³/mol. The van der Waals surface area contributed by atoms with Crippen molar-refractivity contribution in [3.63, 3.8) is 0 Å². The first-order chi connectivity index (χ1) is 7.72. The van der Waals surface area contributed by atoms with Gasteiger partial charge < -0.3 is 10.8 Å². The van der Waals surface area contributed by atoms with Crippen LogP contribution in [0.1, 0.15) is 38.3 Å². The normalized spacial score (nSPS) is 30.6. The molecule has 2 rings (SSSR count). The minimum atomic E-state index is -0.141. The first-order valence-corrected chi connectivity index (χ1v) is 6.12. The van der Waals surface area contributed by atoms with Gasteiger partial charge in [0, 0.05) is 30.4 Å². The maximum atomic E-state index is 9.60. The molecule has 1 aromatic heterocycles. The number of aliphatic hydroxyl groups is 1. The minimum Gasteiger partial charge on any atom is -0.393 e. The third kappa shape index (κ3) is 1.87. The highest BCUT2D eigenvalue weighted by Crippen LogP contribution is 2.38.